The lowest BCUT2D eigenvalue weighted by molar-refractivity contribution is -0.122. The fourth-order valence-corrected chi connectivity index (χ4v) is 3.11. The van der Waals surface area contributed by atoms with Gasteiger partial charge in [-0.3, -0.25) is 9.59 Å². The first-order valence-electron chi connectivity index (χ1n) is 9.12. The number of benzene rings is 2. The van der Waals surface area contributed by atoms with Gasteiger partial charge in [0.25, 0.3) is 0 Å². The van der Waals surface area contributed by atoms with Gasteiger partial charge in [0.15, 0.2) is 11.5 Å². The topological polar surface area (TPSA) is 88.1 Å². The van der Waals surface area contributed by atoms with Crippen LogP contribution in [0.25, 0.3) is 0 Å². The number of phenolic OH excluding ortho intramolecular Hbond substituents is 1. The van der Waals surface area contributed by atoms with Crippen molar-refractivity contribution >= 4 is 23.2 Å². The van der Waals surface area contributed by atoms with Crippen LogP contribution in [0.5, 0.6) is 17.2 Å². The number of amides is 2. The molecule has 0 saturated carbocycles. The van der Waals surface area contributed by atoms with Crippen LogP contribution in [0.1, 0.15) is 20.3 Å². The minimum Gasteiger partial charge on any atom is -0.504 e. The minimum atomic E-state index is -0.459. The van der Waals surface area contributed by atoms with Crippen molar-refractivity contribution in [3.05, 3.63) is 42.5 Å². The van der Waals surface area contributed by atoms with Crippen molar-refractivity contribution in [3.8, 4) is 17.2 Å². The smallest absolute Gasteiger partial charge is 0.229 e. The van der Waals surface area contributed by atoms with Gasteiger partial charge in [0.2, 0.25) is 11.8 Å². The molecule has 0 radical (unpaired) electrons. The number of methoxy groups -OCH3 is 1. The van der Waals surface area contributed by atoms with Gasteiger partial charge in [0.05, 0.1) is 19.1 Å². The van der Waals surface area contributed by atoms with Crippen molar-refractivity contribution in [2.45, 2.75) is 26.4 Å². The van der Waals surface area contributed by atoms with Crippen LogP contribution in [0.3, 0.4) is 0 Å². The highest BCUT2D eigenvalue weighted by Gasteiger charge is 2.35. The van der Waals surface area contributed by atoms with Crippen molar-refractivity contribution < 1.29 is 24.2 Å². The van der Waals surface area contributed by atoms with E-state index in [2.05, 4.69) is 5.32 Å². The van der Waals surface area contributed by atoms with E-state index in [9.17, 15) is 14.7 Å². The Morgan fingerprint density at radius 3 is 2.57 bits per heavy atom. The van der Waals surface area contributed by atoms with Crippen molar-refractivity contribution in [1.82, 2.24) is 0 Å². The number of aromatic hydroxyl groups is 1. The fourth-order valence-electron chi connectivity index (χ4n) is 3.11. The van der Waals surface area contributed by atoms with Gasteiger partial charge >= 0.3 is 0 Å². The molecule has 1 saturated heterocycles. The van der Waals surface area contributed by atoms with Gasteiger partial charge in [0, 0.05) is 30.4 Å². The predicted molar refractivity (Wildman–Crippen MR) is 106 cm³/mol. The summed E-state index contributed by atoms with van der Waals surface area (Å²) >= 11 is 0. The number of nitrogens with zero attached hydrogens (tertiary/aromatic N) is 1. The summed E-state index contributed by atoms with van der Waals surface area (Å²) < 4.78 is 10.7. The van der Waals surface area contributed by atoms with E-state index < -0.39 is 5.92 Å². The van der Waals surface area contributed by atoms with E-state index in [0.717, 1.165) is 11.4 Å². The normalized spacial score (nSPS) is 16.4. The summed E-state index contributed by atoms with van der Waals surface area (Å²) in [5.74, 6) is 0.197. The van der Waals surface area contributed by atoms with Crippen LogP contribution in [-0.2, 0) is 9.59 Å². The van der Waals surface area contributed by atoms with E-state index in [4.69, 9.17) is 9.47 Å². The van der Waals surface area contributed by atoms with Crippen LogP contribution in [0.2, 0.25) is 0 Å². The molecule has 2 aromatic carbocycles. The highest BCUT2D eigenvalue weighted by Crippen LogP contribution is 2.30. The van der Waals surface area contributed by atoms with Crippen molar-refractivity contribution in [1.29, 1.82) is 0 Å². The van der Waals surface area contributed by atoms with Crippen LogP contribution in [0.15, 0.2) is 42.5 Å². The molecular weight excluding hydrogens is 360 g/mol. The fraction of sp³-hybridized carbons (Fsp3) is 0.333. The SMILES string of the molecule is COc1cc(NC(=O)C2CC(=O)N(c3ccc(OC(C)C)cc3)C2)ccc1O. The van der Waals surface area contributed by atoms with E-state index in [1.165, 1.54) is 19.2 Å². The largest absolute Gasteiger partial charge is 0.504 e. The summed E-state index contributed by atoms with van der Waals surface area (Å²) in [4.78, 5) is 26.6. The van der Waals surface area contributed by atoms with E-state index in [-0.39, 0.29) is 35.8 Å². The molecular formula is C21H24N2O5. The van der Waals surface area contributed by atoms with Crippen LogP contribution in [-0.4, -0.2) is 36.7 Å². The zero-order chi connectivity index (χ0) is 20.3. The summed E-state index contributed by atoms with van der Waals surface area (Å²) in [6.07, 6.45) is 0.219. The van der Waals surface area contributed by atoms with Crippen LogP contribution in [0.4, 0.5) is 11.4 Å². The highest BCUT2D eigenvalue weighted by atomic mass is 16.5. The zero-order valence-electron chi connectivity index (χ0n) is 16.1. The molecule has 2 aromatic rings. The van der Waals surface area contributed by atoms with Gasteiger partial charge in [0.1, 0.15) is 5.75 Å². The van der Waals surface area contributed by atoms with E-state index >= 15 is 0 Å². The van der Waals surface area contributed by atoms with Gasteiger partial charge in [-0.05, 0) is 50.2 Å². The van der Waals surface area contributed by atoms with E-state index in [1.807, 2.05) is 38.1 Å². The average Bonchev–Trinajstić information content (AvgIpc) is 3.05. The number of ether oxygens (including phenoxy) is 2. The highest BCUT2D eigenvalue weighted by molar-refractivity contribution is 6.03. The summed E-state index contributed by atoms with van der Waals surface area (Å²) in [6.45, 7) is 4.21. The molecule has 2 amide bonds. The Morgan fingerprint density at radius 1 is 1.21 bits per heavy atom. The molecule has 1 unspecified atom stereocenters. The van der Waals surface area contributed by atoms with Gasteiger partial charge in [-0.1, -0.05) is 0 Å². The molecule has 0 aliphatic carbocycles. The molecule has 0 bridgehead atoms. The lowest BCUT2D eigenvalue weighted by Crippen LogP contribution is -2.28. The third kappa shape index (κ3) is 4.36. The Balaban J connectivity index is 1.66. The van der Waals surface area contributed by atoms with E-state index in [1.54, 1.807) is 11.0 Å². The zero-order valence-corrected chi connectivity index (χ0v) is 16.1. The molecule has 1 aliphatic rings. The first-order valence-corrected chi connectivity index (χ1v) is 9.12. The predicted octanol–water partition coefficient (Wildman–Crippen LogP) is 3.18. The quantitative estimate of drug-likeness (QED) is 0.747. The second-order valence-electron chi connectivity index (χ2n) is 6.94. The Morgan fingerprint density at radius 2 is 1.93 bits per heavy atom. The molecule has 0 aromatic heterocycles. The van der Waals surface area contributed by atoms with Gasteiger partial charge < -0.3 is 24.8 Å². The lowest BCUT2D eigenvalue weighted by atomic mass is 10.1. The van der Waals surface area contributed by atoms with Gasteiger partial charge in [-0.2, -0.15) is 0 Å². The lowest BCUT2D eigenvalue weighted by Gasteiger charge is -2.18. The monoisotopic (exact) mass is 384 g/mol. The first kappa shape index (κ1) is 19.5. The molecule has 7 nitrogen and oxygen atoms in total. The van der Waals surface area contributed by atoms with Crippen molar-refractivity contribution in [2.75, 3.05) is 23.9 Å². The molecule has 3 rings (SSSR count). The number of nitrogens with one attached hydrogen (secondary N) is 1. The Kier molecular flexibility index (Phi) is 5.73. The number of rotatable bonds is 6. The maximum atomic E-state index is 12.6. The maximum absolute atomic E-state index is 12.6. The molecule has 1 fully saturated rings. The Labute approximate surface area is 163 Å². The second kappa shape index (κ2) is 8.21. The number of hydrogen-bond donors (Lipinski definition) is 2. The molecule has 1 heterocycles. The summed E-state index contributed by atoms with van der Waals surface area (Å²) in [5.41, 5.74) is 1.24. The van der Waals surface area contributed by atoms with Crippen molar-refractivity contribution in [2.24, 2.45) is 5.92 Å². The molecule has 1 aliphatic heterocycles. The molecule has 1 atom stereocenters. The average molecular weight is 384 g/mol. The van der Waals surface area contributed by atoms with Crippen molar-refractivity contribution in [3.63, 3.8) is 0 Å². The van der Waals surface area contributed by atoms with Gasteiger partial charge in [-0.25, -0.2) is 0 Å². The van der Waals surface area contributed by atoms with Crippen LogP contribution in [0, 0.1) is 5.92 Å². The maximum Gasteiger partial charge on any atom is 0.229 e. The molecule has 0 spiro atoms. The Hall–Kier alpha value is -3.22. The summed E-state index contributed by atoms with van der Waals surface area (Å²) in [7, 11) is 1.44. The number of carbonyl (C=O) groups is 2. The van der Waals surface area contributed by atoms with Crippen LogP contribution >= 0.6 is 0 Å². The van der Waals surface area contributed by atoms with Gasteiger partial charge in [-0.15, -0.1) is 0 Å². The number of anilines is 2. The third-order valence-electron chi connectivity index (χ3n) is 4.46. The molecule has 148 valence electrons. The third-order valence-corrected chi connectivity index (χ3v) is 4.46. The number of hydrogen-bond acceptors (Lipinski definition) is 5. The van der Waals surface area contributed by atoms with E-state index in [0.29, 0.717) is 12.2 Å². The minimum absolute atomic E-state index is 0.00684. The number of carbonyl (C=O) groups excluding carboxylic acids is 2. The number of phenols is 1. The Bertz CT molecular complexity index is 864. The molecule has 2 N–H and O–H groups in total. The summed E-state index contributed by atoms with van der Waals surface area (Å²) in [6, 6.07) is 11.8. The molecule has 7 heteroatoms. The standard InChI is InChI=1S/C21H24N2O5/c1-13(2)28-17-7-5-16(6-8-17)23-12-14(10-20(23)25)21(26)22-15-4-9-18(24)19(11-15)27-3/h4-9,11,13-14,24H,10,12H2,1-3H3,(H,22,26). The van der Waals surface area contributed by atoms with Crippen LogP contribution < -0.4 is 19.7 Å². The second-order valence-corrected chi connectivity index (χ2v) is 6.94. The first-order chi connectivity index (χ1) is 13.4. The molecule has 28 heavy (non-hydrogen) atoms. The summed E-state index contributed by atoms with van der Waals surface area (Å²) in [5, 5.41) is 12.4.